The second-order valence-electron chi connectivity index (χ2n) is 7.58. The Bertz CT molecular complexity index is 1430. The zero-order valence-electron chi connectivity index (χ0n) is 18.4. The van der Waals surface area contributed by atoms with Crippen LogP contribution in [-0.4, -0.2) is 28.3 Å². The molecule has 2 aromatic heterocycles. The van der Waals surface area contributed by atoms with E-state index in [9.17, 15) is 9.59 Å². The van der Waals surface area contributed by atoms with Gasteiger partial charge >= 0.3 is 5.97 Å². The van der Waals surface area contributed by atoms with Crippen molar-refractivity contribution in [3.8, 4) is 11.1 Å². The second-order valence-corrected chi connectivity index (χ2v) is 7.58. The Morgan fingerprint density at radius 3 is 2.59 bits per heavy atom. The van der Waals surface area contributed by atoms with Gasteiger partial charge in [0, 0.05) is 29.0 Å². The summed E-state index contributed by atoms with van der Waals surface area (Å²) < 4.78 is 11.0. The number of aromatic amines is 1. The van der Waals surface area contributed by atoms with Gasteiger partial charge in [-0.1, -0.05) is 42.5 Å². The molecule has 0 bridgehead atoms. The third kappa shape index (κ3) is 4.06. The van der Waals surface area contributed by atoms with Crippen molar-refractivity contribution in [3.63, 3.8) is 0 Å². The van der Waals surface area contributed by atoms with Crippen LogP contribution in [0.1, 0.15) is 12.5 Å². The Morgan fingerprint density at radius 1 is 1.06 bits per heavy atom. The number of anilines is 1. The van der Waals surface area contributed by atoms with Crippen molar-refractivity contribution < 1.29 is 19.1 Å². The van der Waals surface area contributed by atoms with Crippen LogP contribution in [0.5, 0.6) is 0 Å². The molecule has 3 heterocycles. The first-order valence-corrected chi connectivity index (χ1v) is 10.8. The number of allylic oxidation sites excluding steroid dienone is 1. The lowest BCUT2D eigenvalue weighted by Gasteiger charge is -2.10. The third-order valence-corrected chi connectivity index (χ3v) is 5.39. The normalized spacial score (nSPS) is 14.5. The number of Topliss-reactive ketones (excluding diaryl/α,β-unsaturated/α-hetero) is 1. The molecule has 1 aliphatic heterocycles. The van der Waals surface area contributed by atoms with E-state index in [1.54, 1.807) is 25.4 Å². The van der Waals surface area contributed by atoms with Gasteiger partial charge in [-0.05, 0) is 48.4 Å². The first-order chi connectivity index (χ1) is 16.6. The molecule has 0 radical (unpaired) electrons. The number of carbonyl (C=O) groups is 2. The van der Waals surface area contributed by atoms with Crippen LogP contribution in [0.4, 0.5) is 5.69 Å². The maximum atomic E-state index is 13.1. The number of carbonyl (C=O) groups excluding carboxylic acids is 2. The first-order valence-electron chi connectivity index (χ1n) is 10.8. The zero-order chi connectivity index (χ0) is 23.5. The summed E-state index contributed by atoms with van der Waals surface area (Å²) in [4.78, 5) is 33.0. The Morgan fingerprint density at radius 2 is 1.82 bits per heavy atom. The van der Waals surface area contributed by atoms with Crippen LogP contribution in [-0.2, 0) is 19.1 Å². The van der Waals surface area contributed by atoms with Crippen LogP contribution in [0.2, 0.25) is 0 Å². The molecule has 2 aromatic carbocycles. The molecule has 4 aromatic rings. The van der Waals surface area contributed by atoms with E-state index in [-0.39, 0.29) is 23.8 Å². The standard InChI is InChI=1S/C27H21N3O4/c1-2-33-27(32)23-24(31)22(15-19-16-29-25-21(19)9-6-14-28-25)34-26(23)30-20-12-10-18(11-13-20)17-7-4-3-5-8-17/h3-16,30H,2H2,1H3,(H,28,29)/b22-15-. The number of hydrogen-bond acceptors (Lipinski definition) is 6. The van der Waals surface area contributed by atoms with Gasteiger partial charge in [-0.15, -0.1) is 0 Å². The highest BCUT2D eigenvalue weighted by Crippen LogP contribution is 2.31. The van der Waals surface area contributed by atoms with E-state index in [0.717, 1.165) is 22.1 Å². The Kier molecular flexibility index (Phi) is 5.66. The number of aromatic nitrogens is 2. The van der Waals surface area contributed by atoms with E-state index in [0.29, 0.717) is 11.3 Å². The van der Waals surface area contributed by atoms with E-state index < -0.39 is 11.8 Å². The quantitative estimate of drug-likeness (QED) is 0.242. The predicted octanol–water partition coefficient (Wildman–Crippen LogP) is 5.06. The van der Waals surface area contributed by atoms with Gasteiger partial charge in [0.2, 0.25) is 11.7 Å². The molecule has 0 fully saturated rings. The van der Waals surface area contributed by atoms with Crippen molar-refractivity contribution in [2.45, 2.75) is 6.92 Å². The number of benzene rings is 2. The fraction of sp³-hybridized carbons (Fsp3) is 0.0741. The Hall–Kier alpha value is -4.65. The van der Waals surface area contributed by atoms with Gasteiger partial charge in [-0.25, -0.2) is 9.78 Å². The number of esters is 1. The van der Waals surface area contributed by atoms with Crippen molar-refractivity contribution in [1.82, 2.24) is 9.97 Å². The largest absolute Gasteiger partial charge is 0.462 e. The lowest BCUT2D eigenvalue weighted by molar-refractivity contribution is -0.139. The summed E-state index contributed by atoms with van der Waals surface area (Å²) in [6, 6.07) is 21.3. The number of hydrogen-bond donors (Lipinski definition) is 2. The van der Waals surface area contributed by atoms with Gasteiger partial charge < -0.3 is 19.8 Å². The lowest BCUT2D eigenvalue weighted by Crippen LogP contribution is -2.16. The Balaban J connectivity index is 1.45. The molecule has 5 rings (SSSR count). The SMILES string of the molecule is CCOC(=O)C1=C(Nc2ccc(-c3ccccc3)cc2)O/C(=C\c2c[nH]c3ncccc23)C1=O. The molecule has 0 amide bonds. The average Bonchev–Trinajstić information content (AvgIpc) is 3.41. The lowest BCUT2D eigenvalue weighted by atomic mass is 10.1. The van der Waals surface area contributed by atoms with Crippen molar-refractivity contribution >= 4 is 34.5 Å². The zero-order valence-corrected chi connectivity index (χ0v) is 18.4. The average molecular weight is 451 g/mol. The van der Waals surface area contributed by atoms with Crippen LogP contribution in [0.15, 0.2) is 96.3 Å². The molecule has 34 heavy (non-hydrogen) atoms. The molecular weight excluding hydrogens is 430 g/mol. The summed E-state index contributed by atoms with van der Waals surface area (Å²) >= 11 is 0. The summed E-state index contributed by atoms with van der Waals surface area (Å²) in [5.41, 5.74) is 4.05. The second kappa shape index (κ2) is 9.07. The fourth-order valence-electron chi connectivity index (χ4n) is 3.75. The molecule has 168 valence electrons. The molecule has 1 aliphatic rings. The minimum atomic E-state index is -0.736. The van der Waals surface area contributed by atoms with Crippen LogP contribution >= 0.6 is 0 Å². The van der Waals surface area contributed by atoms with E-state index in [2.05, 4.69) is 15.3 Å². The number of ketones is 1. The minimum Gasteiger partial charge on any atom is -0.462 e. The molecule has 7 heteroatoms. The van der Waals surface area contributed by atoms with Crippen LogP contribution in [0.3, 0.4) is 0 Å². The number of ether oxygens (including phenoxy) is 2. The van der Waals surface area contributed by atoms with Crippen LogP contribution in [0.25, 0.3) is 28.2 Å². The molecule has 0 saturated carbocycles. The molecule has 0 aliphatic carbocycles. The number of nitrogens with zero attached hydrogens (tertiary/aromatic N) is 1. The number of nitrogens with one attached hydrogen (secondary N) is 2. The number of rotatable bonds is 6. The smallest absolute Gasteiger partial charge is 0.347 e. The van der Waals surface area contributed by atoms with Crippen molar-refractivity contribution in [3.05, 3.63) is 102 Å². The molecule has 0 atom stereocenters. The third-order valence-electron chi connectivity index (χ3n) is 5.39. The summed E-state index contributed by atoms with van der Waals surface area (Å²) in [6.07, 6.45) is 5.01. The maximum Gasteiger partial charge on any atom is 0.347 e. The monoisotopic (exact) mass is 451 g/mol. The highest BCUT2D eigenvalue weighted by atomic mass is 16.5. The molecule has 0 saturated heterocycles. The molecule has 0 unspecified atom stereocenters. The predicted molar refractivity (Wildman–Crippen MR) is 129 cm³/mol. The number of pyridine rings is 1. The molecule has 0 spiro atoms. The van der Waals surface area contributed by atoms with Gasteiger partial charge in [0.15, 0.2) is 11.3 Å². The van der Waals surface area contributed by atoms with Crippen molar-refractivity contribution in [2.75, 3.05) is 11.9 Å². The molecule has 2 N–H and O–H groups in total. The topological polar surface area (TPSA) is 93.3 Å². The fourth-order valence-corrected chi connectivity index (χ4v) is 3.75. The van der Waals surface area contributed by atoms with Crippen molar-refractivity contribution in [1.29, 1.82) is 0 Å². The Labute approximate surface area is 195 Å². The molecular formula is C27H21N3O4. The summed E-state index contributed by atoms with van der Waals surface area (Å²) in [5.74, 6) is -1.21. The highest BCUT2D eigenvalue weighted by molar-refractivity contribution is 6.26. The van der Waals surface area contributed by atoms with Crippen LogP contribution in [0, 0.1) is 0 Å². The summed E-state index contributed by atoms with van der Waals surface area (Å²) in [6.45, 7) is 1.83. The van der Waals surface area contributed by atoms with Gasteiger partial charge in [0.05, 0.1) is 6.61 Å². The van der Waals surface area contributed by atoms with E-state index in [1.807, 2.05) is 66.7 Å². The minimum absolute atomic E-state index is 0.0243. The van der Waals surface area contributed by atoms with Gasteiger partial charge in [0.25, 0.3) is 0 Å². The maximum absolute atomic E-state index is 13.1. The van der Waals surface area contributed by atoms with E-state index >= 15 is 0 Å². The van der Waals surface area contributed by atoms with Gasteiger partial charge in [-0.2, -0.15) is 0 Å². The first kappa shape index (κ1) is 21.2. The van der Waals surface area contributed by atoms with E-state index in [4.69, 9.17) is 9.47 Å². The van der Waals surface area contributed by atoms with Gasteiger partial charge in [-0.3, -0.25) is 4.79 Å². The highest BCUT2D eigenvalue weighted by Gasteiger charge is 2.37. The van der Waals surface area contributed by atoms with Gasteiger partial charge in [0.1, 0.15) is 5.65 Å². The van der Waals surface area contributed by atoms with E-state index in [1.165, 1.54) is 0 Å². The summed E-state index contributed by atoms with van der Waals surface area (Å²) in [5, 5.41) is 3.90. The summed E-state index contributed by atoms with van der Waals surface area (Å²) in [7, 11) is 0. The van der Waals surface area contributed by atoms with Crippen LogP contribution < -0.4 is 5.32 Å². The van der Waals surface area contributed by atoms with Crippen molar-refractivity contribution in [2.24, 2.45) is 0 Å². The molecule has 7 nitrogen and oxygen atoms in total. The number of fused-ring (bicyclic) bond motifs is 1. The number of H-pyrrole nitrogens is 1.